The summed E-state index contributed by atoms with van der Waals surface area (Å²) >= 11 is 0. The molecule has 0 bridgehead atoms. The van der Waals surface area contributed by atoms with Crippen molar-refractivity contribution in [1.29, 1.82) is 0 Å². The van der Waals surface area contributed by atoms with E-state index in [9.17, 15) is 13.6 Å². The van der Waals surface area contributed by atoms with E-state index < -0.39 is 17.0 Å². The summed E-state index contributed by atoms with van der Waals surface area (Å²) < 4.78 is 26.0. The van der Waals surface area contributed by atoms with Crippen molar-refractivity contribution in [2.24, 2.45) is 11.3 Å². The van der Waals surface area contributed by atoms with Crippen LogP contribution in [-0.4, -0.2) is 19.0 Å². The molecule has 0 aromatic heterocycles. The second-order valence-electron chi connectivity index (χ2n) is 5.32. The van der Waals surface area contributed by atoms with Gasteiger partial charge in [-0.05, 0) is 31.0 Å². The maximum Gasteiger partial charge on any atom is 0.232 e. The molecular formula is C14H18F2N2O. The Hall–Kier alpha value is -1.49. The lowest BCUT2D eigenvalue weighted by Crippen LogP contribution is -2.42. The zero-order chi connectivity index (χ0) is 14.0. The fraction of sp³-hybridized carbons (Fsp3) is 0.500. The number of benzene rings is 1. The van der Waals surface area contributed by atoms with Crippen molar-refractivity contribution >= 4 is 11.6 Å². The van der Waals surface area contributed by atoms with E-state index in [4.69, 9.17) is 0 Å². The fourth-order valence-electron chi connectivity index (χ4n) is 2.49. The third-order valence-electron chi connectivity index (χ3n) is 3.92. The van der Waals surface area contributed by atoms with Crippen LogP contribution in [0.5, 0.6) is 0 Å². The van der Waals surface area contributed by atoms with Crippen molar-refractivity contribution in [3.63, 3.8) is 0 Å². The summed E-state index contributed by atoms with van der Waals surface area (Å²) in [5, 5.41) is 5.88. The van der Waals surface area contributed by atoms with Crippen LogP contribution in [0.3, 0.4) is 0 Å². The van der Waals surface area contributed by atoms with Crippen molar-refractivity contribution in [2.75, 3.05) is 18.4 Å². The van der Waals surface area contributed by atoms with Crippen LogP contribution >= 0.6 is 0 Å². The van der Waals surface area contributed by atoms with E-state index in [-0.39, 0.29) is 17.5 Å². The number of hydrogen-bond acceptors (Lipinski definition) is 2. The van der Waals surface area contributed by atoms with Gasteiger partial charge in [0.2, 0.25) is 5.91 Å². The summed E-state index contributed by atoms with van der Waals surface area (Å²) in [5.74, 6) is -1.84. The molecule has 5 heteroatoms. The molecule has 0 radical (unpaired) electrons. The van der Waals surface area contributed by atoms with E-state index >= 15 is 0 Å². The highest BCUT2D eigenvalue weighted by molar-refractivity contribution is 5.96. The first-order chi connectivity index (χ1) is 8.95. The average molecular weight is 268 g/mol. The van der Waals surface area contributed by atoms with E-state index in [0.717, 1.165) is 25.1 Å². The van der Waals surface area contributed by atoms with Crippen LogP contribution in [-0.2, 0) is 4.79 Å². The lowest BCUT2D eigenvalue weighted by atomic mass is 9.75. The lowest BCUT2D eigenvalue weighted by Gasteiger charge is -2.31. The van der Waals surface area contributed by atoms with Crippen molar-refractivity contribution in [3.8, 4) is 0 Å². The van der Waals surface area contributed by atoms with E-state index in [0.29, 0.717) is 6.54 Å². The summed E-state index contributed by atoms with van der Waals surface area (Å²) in [6.07, 6.45) is 0.750. The molecule has 1 amide bonds. The predicted octanol–water partition coefficient (Wildman–Crippen LogP) is 2.54. The Morgan fingerprint density at radius 1 is 1.37 bits per heavy atom. The Morgan fingerprint density at radius 3 is 2.63 bits per heavy atom. The van der Waals surface area contributed by atoms with E-state index in [1.54, 1.807) is 0 Å². The van der Waals surface area contributed by atoms with E-state index in [1.807, 2.05) is 13.8 Å². The number of hydrogen-bond donors (Lipinski definition) is 2. The molecule has 1 saturated heterocycles. The molecule has 3 nitrogen and oxygen atoms in total. The Labute approximate surface area is 111 Å². The van der Waals surface area contributed by atoms with Gasteiger partial charge in [-0.15, -0.1) is 0 Å². The summed E-state index contributed by atoms with van der Waals surface area (Å²) in [6, 6.07) is 3.39. The van der Waals surface area contributed by atoms with Crippen LogP contribution in [0.2, 0.25) is 0 Å². The highest BCUT2D eigenvalue weighted by Gasteiger charge is 2.43. The van der Waals surface area contributed by atoms with E-state index in [1.165, 1.54) is 6.07 Å². The molecule has 0 spiro atoms. The van der Waals surface area contributed by atoms with Crippen LogP contribution in [0.1, 0.15) is 20.3 Å². The van der Waals surface area contributed by atoms with Crippen LogP contribution in [0, 0.1) is 23.0 Å². The molecule has 1 heterocycles. The summed E-state index contributed by atoms with van der Waals surface area (Å²) in [6.45, 7) is 5.40. The Balaban J connectivity index is 2.17. The second kappa shape index (κ2) is 5.25. The van der Waals surface area contributed by atoms with Gasteiger partial charge in [-0.25, -0.2) is 8.78 Å². The first-order valence-corrected chi connectivity index (χ1v) is 6.43. The number of anilines is 1. The summed E-state index contributed by atoms with van der Waals surface area (Å²) in [5.41, 5.74) is -0.193. The maximum atomic E-state index is 13.1. The molecule has 19 heavy (non-hydrogen) atoms. The zero-order valence-corrected chi connectivity index (χ0v) is 11.1. The second-order valence-corrected chi connectivity index (χ2v) is 5.32. The van der Waals surface area contributed by atoms with Crippen molar-refractivity contribution in [3.05, 3.63) is 29.8 Å². The SMILES string of the molecule is CC(C)C1(C(=O)Nc2ccc(F)c(F)c2)CCNC1. The predicted molar refractivity (Wildman–Crippen MR) is 69.7 cm³/mol. The molecule has 104 valence electrons. The normalized spacial score (nSPS) is 22.8. The molecule has 2 rings (SSSR count). The molecule has 1 aliphatic heterocycles. The van der Waals surface area contributed by atoms with Crippen LogP contribution in [0.15, 0.2) is 18.2 Å². The van der Waals surface area contributed by atoms with Crippen LogP contribution in [0.4, 0.5) is 14.5 Å². The van der Waals surface area contributed by atoms with Gasteiger partial charge in [-0.1, -0.05) is 13.8 Å². The average Bonchev–Trinajstić information content (AvgIpc) is 2.84. The summed E-state index contributed by atoms with van der Waals surface area (Å²) in [4.78, 5) is 12.4. The quantitative estimate of drug-likeness (QED) is 0.884. The highest BCUT2D eigenvalue weighted by Crippen LogP contribution is 2.35. The van der Waals surface area contributed by atoms with Gasteiger partial charge in [0.1, 0.15) is 0 Å². The van der Waals surface area contributed by atoms with Gasteiger partial charge < -0.3 is 10.6 Å². The van der Waals surface area contributed by atoms with Gasteiger partial charge in [0.05, 0.1) is 5.41 Å². The van der Waals surface area contributed by atoms with Gasteiger partial charge >= 0.3 is 0 Å². The molecule has 0 aliphatic carbocycles. The number of carbonyl (C=O) groups excluding carboxylic acids is 1. The molecule has 1 fully saturated rings. The number of nitrogens with one attached hydrogen (secondary N) is 2. The minimum absolute atomic E-state index is 0.140. The molecule has 1 aliphatic rings. The van der Waals surface area contributed by atoms with Crippen molar-refractivity contribution in [2.45, 2.75) is 20.3 Å². The van der Waals surface area contributed by atoms with Gasteiger partial charge in [-0.2, -0.15) is 0 Å². The molecule has 1 unspecified atom stereocenters. The number of halogens is 2. The third-order valence-corrected chi connectivity index (χ3v) is 3.92. The number of rotatable bonds is 3. The summed E-state index contributed by atoms with van der Waals surface area (Å²) in [7, 11) is 0. The van der Waals surface area contributed by atoms with Crippen LogP contribution < -0.4 is 10.6 Å². The lowest BCUT2D eigenvalue weighted by molar-refractivity contribution is -0.126. The molecule has 0 saturated carbocycles. The monoisotopic (exact) mass is 268 g/mol. The van der Waals surface area contributed by atoms with Gasteiger partial charge in [-0.3, -0.25) is 4.79 Å². The van der Waals surface area contributed by atoms with Crippen molar-refractivity contribution in [1.82, 2.24) is 5.32 Å². The zero-order valence-electron chi connectivity index (χ0n) is 11.1. The highest BCUT2D eigenvalue weighted by atomic mass is 19.2. The van der Waals surface area contributed by atoms with Crippen LogP contribution in [0.25, 0.3) is 0 Å². The minimum Gasteiger partial charge on any atom is -0.325 e. The first-order valence-electron chi connectivity index (χ1n) is 6.43. The number of amides is 1. The number of carbonyl (C=O) groups is 1. The first kappa shape index (κ1) is 13.9. The molecule has 1 atom stereocenters. The minimum atomic E-state index is -0.957. The molecule has 1 aromatic carbocycles. The standard InChI is InChI=1S/C14H18F2N2O/c1-9(2)14(5-6-17-8-14)13(19)18-10-3-4-11(15)12(16)7-10/h3-4,7,9,17H,5-6,8H2,1-2H3,(H,18,19). The van der Waals surface area contributed by atoms with E-state index in [2.05, 4.69) is 10.6 Å². The third kappa shape index (κ3) is 2.61. The largest absolute Gasteiger partial charge is 0.325 e. The van der Waals surface area contributed by atoms with Gasteiger partial charge in [0.25, 0.3) is 0 Å². The Morgan fingerprint density at radius 2 is 2.11 bits per heavy atom. The molecular weight excluding hydrogens is 250 g/mol. The Kier molecular flexibility index (Phi) is 3.85. The smallest absolute Gasteiger partial charge is 0.232 e. The van der Waals surface area contributed by atoms with Crippen molar-refractivity contribution < 1.29 is 13.6 Å². The topological polar surface area (TPSA) is 41.1 Å². The molecule has 2 N–H and O–H groups in total. The van der Waals surface area contributed by atoms with Gasteiger partial charge in [0, 0.05) is 18.3 Å². The van der Waals surface area contributed by atoms with Gasteiger partial charge in [0.15, 0.2) is 11.6 Å². The Bertz CT molecular complexity index is 482. The maximum absolute atomic E-state index is 13.1. The molecule has 1 aromatic rings. The fourth-order valence-corrected chi connectivity index (χ4v) is 2.49.